The molecule has 1 saturated carbocycles. The van der Waals surface area contributed by atoms with Crippen LogP contribution in [0.5, 0.6) is 0 Å². The lowest BCUT2D eigenvalue weighted by Crippen LogP contribution is -2.64. The van der Waals surface area contributed by atoms with Gasteiger partial charge in [0.25, 0.3) is 0 Å². The van der Waals surface area contributed by atoms with Gasteiger partial charge in [0.1, 0.15) is 5.60 Å². The number of hydrogen-bond donors (Lipinski definition) is 1. The first-order chi connectivity index (χ1) is 9.50. The van der Waals surface area contributed by atoms with Crippen LogP contribution in [-0.2, 0) is 19.1 Å². The first-order valence-corrected chi connectivity index (χ1v) is 7.52. The quantitative estimate of drug-likeness (QED) is 0.455. The molecule has 3 heterocycles. The molecule has 4 aliphatic rings. The third-order valence-electron chi connectivity index (χ3n) is 5.84. The van der Waals surface area contributed by atoms with Crippen molar-refractivity contribution in [1.82, 2.24) is 0 Å². The van der Waals surface area contributed by atoms with Gasteiger partial charge in [-0.15, -0.1) is 0 Å². The number of fused-ring (bicyclic) bond motifs is 1. The highest BCUT2D eigenvalue weighted by Gasteiger charge is 2.71. The summed E-state index contributed by atoms with van der Waals surface area (Å²) < 4.78 is 18.3. The molecule has 1 aliphatic carbocycles. The van der Waals surface area contributed by atoms with E-state index in [0.717, 1.165) is 31.3 Å². The van der Waals surface area contributed by atoms with Gasteiger partial charge in [-0.25, -0.2) is 10.1 Å². The third-order valence-corrected chi connectivity index (χ3v) is 5.84. The van der Waals surface area contributed by atoms with Gasteiger partial charge in [0.05, 0.1) is 0 Å². The van der Waals surface area contributed by atoms with Crippen molar-refractivity contribution in [1.29, 1.82) is 0 Å². The fraction of sp³-hybridized carbons (Fsp3) is 0.867. The lowest BCUT2D eigenvalue weighted by molar-refractivity contribution is -0.384. The third kappa shape index (κ3) is 1.45. The molecule has 0 radical (unpaired) electrons. The Labute approximate surface area is 118 Å². The molecule has 3 saturated heterocycles. The van der Waals surface area contributed by atoms with Gasteiger partial charge in [0.2, 0.25) is 6.29 Å². The molecular formula is C15H22O5. The Morgan fingerprint density at radius 2 is 2.15 bits per heavy atom. The van der Waals surface area contributed by atoms with Gasteiger partial charge in [-0.2, -0.15) is 0 Å². The summed E-state index contributed by atoms with van der Waals surface area (Å²) >= 11 is 0. The Morgan fingerprint density at radius 1 is 1.35 bits per heavy atom. The highest BCUT2D eigenvalue weighted by atomic mass is 17.1. The zero-order chi connectivity index (χ0) is 14.1. The smallest absolute Gasteiger partial charge is 0.215 e. The second kappa shape index (κ2) is 4.05. The molecule has 5 nitrogen and oxygen atoms in total. The van der Waals surface area contributed by atoms with Crippen molar-refractivity contribution < 1.29 is 24.4 Å². The van der Waals surface area contributed by atoms with E-state index in [-0.39, 0.29) is 5.92 Å². The van der Waals surface area contributed by atoms with Gasteiger partial charge >= 0.3 is 0 Å². The van der Waals surface area contributed by atoms with Crippen molar-refractivity contribution >= 4 is 0 Å². The van der Waals surface area contributed by atoms with Gasteiger partial charge in [-0.1, -0.05) is 13.5 Å². The maximum atomic E-state index is 9.05. The normalized spacial score (nSPS) is 57.5. The van der Waals surface area contributed by atoms with Crippen molar-refractivity contribution in [2.45, 2.75) is 63.5 Å². The van der Waals surface area contributed by atoms with E-state index in [2.05, 4.69) is 18.4 Å². The van der Waals surface area contributed by atoms with Crippen LogP contribution in [0.4, 0.5) is 0 Å². The minimum Gasteiger partial charge on any atom is -0.337 e. The number of rotatable bonds is 1. The van der Waals surface area contributed by atoms with E-state index in [9.17, 15) is 0 Å². The molecule has 0 amide bonds. The fourth-order valence-corrected chi connectivity index (χ4v) is 4.91. The minimum absolute atomic E-state index is 0.127. The maximum Gasteiger partial charge on any atom is 0.215 e. The Hall–Kier alpha value is -0.460. The molecule has 0 aromatic heterocycles. The van der Waals surface area contributed by atoms with Crippen LogP contribution in [0, 0.1) is 17.8 Å². The molecular weight excluding hydrogens is 260 g/mol. The minimum atomic E-state index is -0.809. The molecule has 112 valence electrons. The summed E-state index contributed by atoms with van der Waals surface area (Å²) in [6.07, 6.45) is 2.81. The lowest BCUT2D eigenvalue weighted by Gasteiger charge is -2.56. The van der Waals surface area contributed by atoms with Gasteiger partial charge in [0, 0.05) is 12.3 Å². The molecule has 1 spiro atoms. The van der Waals surface area contributed by atoms with Gasteiger partial charge in [-0.3, -0.25) is 0 Å². The molecule has 0 unspecified atom stereocenters. The molecule has 5 heteroatoms. The lowest BCUT2D eigenvalue weighted by atomic mass is 9.58. The Morgan fingerprint density at radius 3 is 2.90 bits per heavy atom. The van der Waals surface area contributed by atoms with Crippen molar-refractivity contribution in [2.75, 3.05) is 0 Å². The molecule has 0 aromatic rings. The predicted molar refractivity (Wildman–Crippen MR) is 69.4 cm³/mol. The first-order valence-electron chi connectivity index (χ1n) is 7.52. The van der Waals surface area contributed by atoms with Crippen LogP contribution in [0.25, 0.3) is 0 Å². The summed E-state index contributed by atoms with van der Waals surface area (Å²) in [4.78, 5) is 4.45. The van der Waals surface area contributed by atoms with Crippen molar-refractivity contribution in [3.05, 3.63) is 12.2 Å². The Balaban J connectivity index is 1.81. The van der Waals surface area contributed by atoms with E-state index in [1.807, 2.05) is 6.92 Å². The van der Waals surface area contributed by atoms with E-state index < -0.39 is 24.0 Å². The molecule has 3 aliphatic heterocycles. The number of ether oxygens (including phenoxy) is 3. The predicted octanol–water partition coefficient (Wildman–Crippen LogP) is 2.67. The van der Waals surface area contributed by atoms with E-state index in [4.69, 9.17) is 19.5 Å². The van der Waals surface area contributed by atoms with Crippen LogP contribution < -0.4 is 0 Å². The molecule has 4 rings (SSSR count). The van der Waals surface area contributed by atoms with Crippen LogP contribution in [0.1, 0.15) is 39.5 Å². The molecule has 1 N–H and O–H groups in total. The second-order valence-corrected chi connectivity index (χ2v) is 6.94. The summed E-state index contributed by atoms with van der Waals surface area (Å²) in [5.74, 6) is 0.545. The van der Waals surface area contributed by atoms with Crippen LogP contribution in [-0.4, -0.2) is 29.2 Å². The molecule has 2 bridgehead atoms. The summed E-state index contributed by atoms with van der Waals surface area (Å²) in [6.45, 7) is 8.36. The summed E-state index contributed by atoms with van der Waals surface area (Å²) in [5, 5.41) is 9.05. The SMILES string of the molecule is C=C1[C@@H](OO)O[C@@H]2O[C@@]3(C)CC[C@H]4[C@H](C)CC[C@@H]1[C@@]24O3. The average molecular weight is 282 g/mol. The molecule has 4 fully saturated rings. The highest BCUT2D eigenvalue weighted by Crippen LogP contribution is 2.63. The molecule has 20 heavy (non-hydrogen) atoms. The van der Waals surface area contributed by atoms with Gasteiger partial charge < -0.3 is 14.2 Å². The number of hydrogen-bond acceptors (Lipinski definition) is 5. The fourth-order valence-electron chi connectivity index (χ4n) is 4.91. The van der Waals surface area contributed by atoms with Crippen molar-refractivity contribution in [3.63, 3.8) is 0 Å². The van der Waals surface area contributed by atoms with Gasteiger partial charge in [0.15, 0.2) is 12.1 Å². The zero-order valence-electron chi connectivity index (χ0n) is 12.0. The summed E-state index contributed by atoms with van der Waals surface area (Å²) in [7, 11) is 0. The topological polar surface area (TPSA) is 57.2 Å². The molecule has 0 aromatic carbocycles. The monoisotopic (exact) mass is 282 g/mol. The van der Waals surface area contributed by atoms with Crippen LogP contribution in [0.15, 0.2) is 12.2 Å². The first kappa shape index (κ1) is 13.2. The zero-order valence-corrected chi connectivity index (χ0v) is 12.0. The maximum absolute atomic E-state index is 9.05. The highest BCUT2D eigenvalue weighted by molar-refractivity contribution is 5.23. The molecule has 7 atom stereocenters. The van der Waals surface area contributed by atoms with Crippen LogP contribution in [0.3, 0.4) is 0 Å². The average Bonchev–Trinajstić information content (AvgIpc) is 2.63. The Kier molecular flexibility index (Phi) is 2.68. The van der Waals surface area contributed by atoms with E-state index in [1.54, 1.807) is 0 Å². The van der Waals surface area contributed by atoms with Crippen LogP contribution in [0.2, 0.25) is 0 Å². The second-order valence-electron chi connectivity index (χ2n) is 6.94. The van der Waals surface area contributed by atoms with Crippen molar-refractivity contribution in [3.8, 4) is 0 Å². The van der Waals surface area contributed by atoms with E-state index in [0.29, 0.717) is 11.8 Å². The van der Waals surface area contributed by atoms with Gasteiger partial charge in [-0.05, 0) is 43.6 Å². The van der Waals surface area contributed by atoms with Crippen molar-refractivity contribution in [2.24, 2.45) is 17.8 Å². The summed E-state index contributed by atoms with van der Waals surface area (Å²) in [5.41, 5.74) is 0.326. The standard InChI is InChI=1S/C15H22O5/c1-8-4-5-11-9(2)12(19-16)17-13-15(11)10(8)6-7-14(3,18-13)20-15/h8,10-13,16H,2,4-7H2,1,3H3/t8-,10+,11+,12-,13-,14-,15-/m1/s1. The summed E-state index contributed by atoms with van der Waals surface area (Å²) in [6, 6.07) is 0. The largest absolute Gasteiger partial charge is 0.337 e. The van der Waals surface area contributed by atoms with E-state index >= 15 is 0 Å². The Bertz CT molecular complexity index is 452. The van der Waals surface area contributed by atoms with E-state index in [1.165, 1.54) is 0 Å². The van der Waals surface area contributed by atoms with Crippen LogP contribution >= 0.6 is 0 Å².